The average molecular weight is 375 g/mol. The SMILES string of the molecule is C=CNC=NCCCC.CCCC=NCCCCc1cccc(C(=O)O)n1. The standard InChI is InChI=1S/C14H20N2O2.C7H14N2/c1-2-3-10-15-11-5-4-7-12-8-6-9-13(16-12)14(17)18;1-3-5-6-9-7-8-4-2/h6,8-10H,2-5,7,11H2,1H3,(H,17,18);4,7H,2-3,5-6H2,1H3,(H,8,9). The Morgan fingerprint density at radius 2 is 1.96 bits per heavy atom. The molecule has 0 bridgehead atoms. The number of unbranched alkanes of at least 4 members (excludes halogenated alkanes) is 3. The van der Waals surface area contributed by atoms with Crippen LogP contribution in [0.4, 0.5) is 0 Å². The third-order valence-corrected chi connectivity index (χ3v) is 3.47. The predicted molar refractivity (Wildman–Crippen MR) is 114 cm³/mol. The van der Waals surface area contributed by atoms with Gasteiger partial charge >= 0.3 is 5.97 Å². The first-order chi connectivity index (χ1) is 13.2. The fourth-order valence-corrected chi connectivity index (χ4v) is 1.98. The zero-order valence-corrected chi connectivity index (χ0v) is 16.7. The number of hydrogen-bond donors (Lipinski definition) is 2. The summed E-state index contributed by atoms with van der Waals surface area (Å²) in [4.78, 5) is 23.2. The van der Waals surface area contributed by atoms with Crippen molar-refractivity contribution in [2.24, 2.45) is 9.98 Å². The minimum atomic E-state index is -0.971. The lowest BCUT2D eigenvalue weighted by Crippen LogP contribution is -2.02. The largest absolute Gasteiger partial charge is 0.477 e. The van der Waals surface area contributed by atoms with Gasteiger partial charge in [-0.15, -0.1) is 0 Å². The van der Waals surface area contributed by atoms with Crippen molar-refractivity contribution in [1.82, 2.24) is 10.3 Å². The van der Waals surface area contributed by atoms with Gasteiger partial charge in [0, 0.05) is 18.8 Å². The smallest absolute Gasteiger partial charge is 0.354 e. The minimum absolute atomic E-state index is 0.119. The van der Waals surface area contributed by atoms with E-state index >= 15 is 0 Å². The molecule has 1 aromatic heterocycles. The van der Waals surface area contributed by atoms with Crippen LogP contribution in [0.1, 0.15) is 68.6 Å². The Morgan fingerprint density at radius 3 is 2.63 bits per heavy atom. The van der Waals surface area contributed by atoms with Crippen LogP contribution in [0, 0.1) is 0 Å². The highest BCUT2D eigenvalue weighted by molar-refractivity contribution is 5.85. The lowest BCUT2D eigenvalue weighted by molar-refractivity contribution is 0.0690. The van der Waals surface area contributed by atoms with E-state index < -0.39 is 5.97 Å². The molecular formula is C21H34N4O2. The lowest BCUT2D eigenvalue weighted by atomic mass is 10.1. The van der Waals surface area contributed by atoms with Gasteiger partial charge in [0.1, 0.15) is 5.69 Å². The topological polar surface area (TPSA) is 86.9 Å². The monoisotopic (exact) mass is 374 g/mol. The molecule has 0 amide bonds. The maximum absolute atomic E-state index is 10.7. The summed E-state index contributed by atoms with van der Waals surface area (Å²) in [5.41, 5.74) is 0.959. The van der Waals surface area contributed by atoms with E-state index in [4.69, 9.17) is 5.11 Å². The van der Waals surface area contributed by atoms with Crippen LogP contribution in [0.5, 0.6) is 0 Å². The molecule has 2 N–H and O–H groups in total. The highest BCUT2D eigenvalue weighted by atomic mass is 16.4. The molecule has 0 aliphatic heterocycles. The quantitative estimate of drug-likeness (QED) is 0.302. The third-order valence-electron chi connectivity index (χ3n) is 3.47. The van der Waals surface area contributed by atoms with Gasteiger partial charge in [-0.3, -0.25) is 9.98 Å². The fourth-order valence-electron chi connectivity index (χ4n) is 1.98. The zero-order chi connectivity index (χ0) is 20.2. The van der Waals surface area contributed by atoms with Crippen LogP contribution < -0.4 is 5.32 Å². The summed E-state index contributed by atoms with van der Waals surface area (Å²) >= 11 is 0. The molecule has 0 fully saturated rings. The highest BCUT2D eigenvalue weighted by Crippen LogP contribution is 2.04. The van der Waals surface area contributed by atoms with Gasteiger partial charge in [-0.25, -0.2) is 9.78 Å². The van der Waals surface area contributed by atoms with Crippen LogP contribution in [-0.4, -0.2) is 41.7 Å². The second-order valence-corrected chi connectivity index (χ2v) is 5.91. The van der Waals surface area contributed by atoms with Crippen LogP contribution >= 0.6 is 0 Å². The first-order valence-electron chi connectivity index (χ1n) is 9.68. The van der Waals surface area contributed by atoms with Crippen LogP contribution in [0.3, 0.4) is 0 Å². The summed E-state index contributed by atoms with van der Waals surface area (Å²) < 4.78 is 0. The highest BCUT2D eigenvalue weighted by Gasteiger charge is 2.04. The second-order valence-electron chi connectivity index (χ2n) is 5.91. The number of aliphatic imine (C=N–C) groups is 2. The normalized spacial score (nSPS) is 10.6. The van der Waals surface area contributed by atoms with Crippen molar-refractivity contribution in [2.45, 2.75) is 58.8 Å². The van der Waals surface area contributed by atoms with E-state index in [1.165, 1.54) is 12.5 Å². The molecule has 1 heterocycles. The van der Waals surface area contributed by atoms with Gasteiger partial charge in [-0.1, -0.05) is 39.3 Å². The van der Waals surface area contributed by atoms with Crippen molar-refractivity contribution in [3.63, 3.8) is 0 Å². The number of nitrogens with zero attached hydrogens (tertiary/aromatic N) is 3. The van der Waals surface area contributed by atoms with Gasteiger partial charge < -0.3 is 10.4 Å². The number of hydrogen-bond acceptors (Lipinski definition) is 4. The van der Waals surface area contributed by atoms with E-state index in [-0.39, 0.29) is 5.69 Å². The van der Waals surface area contributed by atoms with Gasteiger partial charge in [0.15, 0.2) is 0 Å². The summed E-state index contributed by atoms with van der Waals surface area (Å²) in [6.07, 6.45) is 12.6. The molecular weight excluding hydrogens is 340 g/mol. The van der Waals surface area contributed by atoms with Crippen molar-refractivity contribution >= 4 is 18.5 Å². The molecule has 6 nitrogen and oxygen atoms in total. The molecule has 1 aromatic rings. The van der Waals surface area contributed by atoms with Crippen molar-refractivity contribution in [2.75, 3.05) is 13.1 Å². The predicted octanol–water partition coefficient (Wildman–Crippen LogP) is 4.52. The maximum Gasteiger partial charge on any atom is 0.354 e. The van der Waals surface area contributed by atoms with Crippen molar-refractivity contribution in [1.29, 1.82) is 0 Å². The molecule has 0 spiro atoms. The van der Waals surface area contributed by atoms with Gasteiger partial charge in [-0.05, 0) is 56.7 Å². The Bertz CT molecular complexity index is 571. The van der Waals surface area contributed by atoms with E-state index in [0.717, 1.165) is 57.3 Å². The van der Waals surface area contributed by atoms with Crippen LogP contribution in [-0.2, 0) is 6.42 Å². The van der Waals surface area contributed by atoms with E-state index in [1.54, 1.807) is 18.6 Å². The summed E-state index contributed by atoms with van der Waals surface area (Å²) in [5.74, 6) is -0.971. The molecule has 150 valence electrons. The Hall–Kier alpha value is -2.50. The minimum Gasteiger partial charge on any atom is -0.477 e. The van der Waals surface area contributed by atoms with Gasteiger partial charge in [0.05, 0.1) is 6.34 Å². The molecule has 0 unspecified atom stereocenters. The number of aryl methyl sites for hydroxylation is 1. The molecule has 0 radical (unpaired) electrons. The first kappa shape index (κ1) is 24.5. The van der Waals surface area contributed by atoms with Crippen LogP contribution in [0.15, 0.2) is 41.0 Å². The molecule has 0 saturated heterocycles. The molecule has 27 heavy (non-hydrogen) atoms. The van der Waals surface area contributed by atoms with Crippen molar-refractivity contribution in [3.05, 3.63) is 42.4 Å². The maximum atomic E-state index is 10.7. The number of carbonyl (C=O) groups is 1. The summed E-state index contributed by atoms with van der Waals surface area (Å²) in [6.45, 7) is 9.52. The molecule has 0 atom stereocenters. The molecule has 0 aliphatic carbocycles. The molecule has 6 heteroatoms. The van der Waals surface area contributed by atoms with Gasteiger partial charge in [-0.2, -0.15) is 0 Å². The number of nitrogens with one attached hydrogen (secondary N) is 1. The second kappa shape index (κ2) is 18.3. The van der Waals surface area contributed by atoms with E-state index in [0.29, 0.717) is 0 Å². The van der Waals surface area contributed by atoms with Crippen molar-refractivity contribution in [3.8, 4) is 0 Å². The Kier molecular flexibility index (Phi) is 16.6. The zero-order valence-electron chi connectivity index (χ0n) is 16.7. The lowest BCUT2D eigenvalue weighted by Gasteiger charge is -2.01. The number of carboxylic acid groups (broad SMARTS) is 1. The van der Waals surface area contributed by atoms with E-state index in [2.05, 4.69) is 40.7 Å². The number of aromatic carboxylic acids is 1. The van der Waals surface area contributed by atoms with Gasteiger partial charge in [0.2, 0.25) is 0 Å². The number of rotatable bonds is 13. The summed E-state index contributed by atoms with van der Waals surface area (Å²) in [6, 6.07) is 5.12. The van der Waals surface area contributed by atoms with E-state index in [1.807, 2.05) is 12.3 Å². The van der Waals surface area contributed by atoms with Crippen LogP contribution in [0.2, 0.25) is 0 Å². The third kappa shape index (κ3) is 15.5. The van der Waals surface area contributed by atoms with Crippen LogP contribution in [0.25, 0.3) is 0 Å². The number of pyridine rings is 1. The van der Waals surface area contributed by atoms with Crippen molar-refractivity contribution < 1.29 is 9.90 Å². The summed E-state index contributed by atoms with van der Waals surface area (Å²) in [7, 11) is 0. The molecule has 1 rings (SSSR count). The fraction of sp³-hybridized carbons (Fsp3) is 0.524. The van der Waals surface area contributed by atoms with E-state index in [9.17, 15) is 4.79 Å². The number of aromatic nitrogens is 1. The average Bonchev–Trinajstić information content (AvgIpc) is 2.68. The first-order valence-corrected chi connectivity index (χ1v) is 9.68. The Balaban J connectivity index is 0.000000636. The molecule has 0 aromatic carbocycles. The molecule has 0 aliphatic rings. The van der Waals surface area contributed by atoms with Gasteiger partial charge in [0.25, 0.3) is 0 Å². The Morgan fingerprint density at radius 1 is 1.19 bits per heavy atom. The summed E-state index contributed by atoms with van der Waals surface area (Å²) in [5, 5.41) is 11.6. The molecule has 0 saturated carbocycles. The number of carboxylic acids is 1. The Labute approximate surface area is 163 Å².